The second kappa shape index (κ2) is 5.16. The summed E-state index contributed by atoms with van der Waals surface area (Å²) in [4.78, 5) is 22.4. The highest BCUT2D eigenvalue weighted by Crippen LogP contribution is 2.45. The summed E-state index contributed by atoms with van der Waals surface area (Å²) < 4.78 is 0. The summed E-state index contributed by atoms with van der Waals surface area (Å²) >= 11 is 1.89. The van der Waals surface area contributed by atoms with Gasteiger partial charge in [0.2, 0.25) is 0 Å². The Morgan fingerprint density at radius 1 is 1.35 bits per heavy atom. The summed E-state index contributed by atoms with van der Waals surface area (Å²) in [7, 11) is 0. The molecule has 6 heteroatoms. The van der Waals surface area contributed by atoms with Crippen LogP contribution < -0.4 is 10.6 Å². The molecule has 0 aromatic carbocycles. The maximum Gasteiger partial charge on any atom is 0.314 e. The number of hydrogen-bond donors (Lipinski definition) is 3. The maximum absolute atomic E-state index is 11.5. The Morgan fingerprint density at radius 2 is 2.12 bits per heavy atom. The summed E-state index contributed by atoms with van der Waals surface area (Å²) in [5.41, 5.74) is -0.681. The molecule has 1 heterocycles. The molecular weight excluding hydrogens is 240 g/mol. The Bertz CT molecular complexity index is 312. The Hall–Kier alpha value is -0.910. The second-order valence-electron chi connectivity index (χ2n) is 4.78. The number of nitrogens with one attached hydrogen (secondary N) is 2. The quantitative estimate of drug-likeness (QED) is 0.688. The molecule has 0 aromatic heterocycles. The molecule has 1 aliphatic carbocycles. The zero-order valence-corrected chi connectivity index (χ0v) is 10.5. The van der Waals surface area contributed by atoms with Crippen LogP contribution in [0.5, 0.6) is 0 Å². The third-order valence-corrected chi connectivity index (χ3v) is 4.81. The zero-order chi connectivity index (χ0) is 12.3. The van der Waals surface area contributed by atoms with Crippen LogP contribution in [0.1, 0.15) is 25.7 Å². The monoisotopic (exact) mass is 258 g/mol. The molecule has 0 spiro atoms. The van der Waals surface area contributed by atoms with Crippen LogP contribution in [-0.4, -0.2) is 41.2 Å². The van der Waals surface area contributed by atoms with Crippen molar-refractivity contribution < 1.29 is 14.7 Å². The topological polar surface area (TPSA) is 78.4 Å². The van der Waals surface area contributed by atoms with Crippen molar-refractivity contribution in [3.05, 3.63) is 0 Å². The lowest BCUT2D eigenvalue weighted by Gasteiger charge is -2.13. The number of urea groups is 1. The van der Waals surface area contributed by atoms with Gasteiger partial charge < -0.3 is 15.7 Å². The van der Waals surface area contributed by atoms with E-state index in [1.54, 1.807) is 0 Å². The van der Waals surface area contributed by atoms with Crippen molar-refractivity contribution in [2.45, 2.75) is 30.9 Å². The van der Waals surface area contributed by atoms with Crippen molar-refractivity contribution in [1.29, 1.82) is 0 Å². The number of carbonyl (C=O) groups is 2. The Labute approximate surface area is 105 Å². The molecule has 17 heavy (non-hydrogen) atoms. The molecule has 3 N–H and O–H groups in total. The van der Waals surface area contributed by atoms with Gasteiger partial charge >= 0.3 is 12.0 Å². The van der Waals surface area contributed by atoms with Crippen molar-refractivity contribution >= 4 is 23.8 Å². The van der Waals surface area contributed by atoms with E-state index in [0.29, 0.717) is 24.6 Å². The summed E-state index contributed by atoms with van der Waals surface area (Å²) in [6.45, 7) is 0.919. The molecule has 2 rings (SSSR count). The Balaban J connectivity index is 1.62. The predicted molar refractivity (Wildman–Crippen MR) is 66.2 cm³/mol. The lowest BCUT2D eigenvalue weighted by molar-refractivity contribution is -0.143. The number of hydrogen-bond acceptors (Lipinski definition) is 3. The van der Waals surface area contributed by atoms with E-state index in [1.165, 1.54) is 12.2 Å². The largest absolute Gasteiger partial charge is 0.481 e. The number of aliphatic carboxylic acids is 1. The molecule has 0 aromatic rings. The van der Waals surface area contributed by atoms with Crippen LogP contribution in [0, 0.1) is 5.41 Å². The van der Waals surface area contributed by atoms with Crippen LogP contribution in [-0.2, 0) is 4.79 Å². The van der Waals surface area contributed by atoms with E-state index >= 15 is 0 Å². The maximum atomic E-state index is 11.5. The number of amides is 2. The van der Waals surface area contributed by atoms with Crippen LogP contribution in [0.25, 0.3) is 0 Å². The van der Waals surface area contributed by atoms with Crippen molar-refractivity contribution in [3.63, 3.8) is 0 Å². The van der Waals surface area contributed by atoms with E-state index in [-0.39, 0.29) is 12.6 Å². The lowest BCUT2D eigenvalue weighted by Crippen LogP contribution is -2.42. The van der Waals surface area contributed by atoms with Crippen LogP contribution in [0.15, 0.2) is 0 Å². The normalized spacial score (nSPS) is 25.3. The van der Waals surface area contributed by atoms with E-state index in [9.17, 15) is 9.59 Å². The van der Waals surface area contributed by atoms with Gasteiger partial charge in [0.25, 0.3) is 0 Å². The van der Waals surface area contributed by atoms with E-state index in [2.05, 4.69) is 10.6 Å². The molecule has 5 nitrogen and oxygen atoms in total. The molecule has 2 fully saturated rings. The van der Waals surface area contributed by atoms with Crippen molar-refractivity contribution in [2.24, 2.45) is 5.41 Å². The summed E-state index contributed by atoms with van der Waals surface area (Å²) in [6, 6.07) is -0.245. The molecule has 0 bridgehead atoms. The van der Waals surface area contributed by atoms with Gasteiger partial charge in [-0.1, -0.05) is 0 Å². The highest BCUT2D eigenvalue weighted by atomic mass is 32.2. The van der Waals surface area contributed by atoms with Gasteiger partial charge in [-0.2, -0.15) is 11.8 Å². The molecule has 96 valence electrons. The molecule has 1 unspecified atom stereocenters. The lowest BCUT2D eigenvalue weighted by atomic mass is 10.1. The molecule has 1 saturated carbocycles. The number of carbonyl (C=O) groups excluding carboxylic acids is 1. The predicted octanol–water partition coefficient (Wildman–Crippen LogP) is 1.05. The average molecular weight is 258 g/mol. The molecule has 1 saturated heterocycles. The Morgan fingerprint density at radius 3 is 2.65 bits per heavy atom. The first-order valence-corrected chi connectivity index (χ1v) is 7.04. The van der Waals surface area contributed by atoms with Gasteiger partial charge in [0.15, 0.2) is 0 Å². The van der Waals surface area contributed by atoms with E-state index in [1.807, 2.05) is 11.8 Å². The van der Waals surface area contributed by atoms with Crippen molar-refractivity contribution in [2.75, 3.05) is 18.8 Å². The molecule has 1 aliphatic heterocycles. The van der Waals surface area contributed by atoms with Crippen molar-refractivity contribution in [1.82, 2.24) is 10.6 Å². The minimum absolute atomic E-state index is 0.242. The van der Waals surface area contributed by atoms with Gasteiger partial charge in [0, 0.05) is 18.3 Å². The average Bonchev–Trinajstić information content (AvgIpc) is 2.93. The number of carboxylic acid groups (broad SMARTS) is 1. The minimum Gasteiger partial charge on any atom is -0.481 e. The highest BCUT2D eigenvalue weighted by Gasteiger charge is 2.50. The van der Waals surface area contributed by atoms with Crippen LogP contribution in [0.2, 0.25) is 0 Å². The first kappa shape index (κ1) is 12.5. The van der Waals surface area contributed by atoms with Crippen LogP contribution >= 0.6 is 11.8 Å². The molecule has 0 radical (unpaired) electrons. The number of carboxylic acids is 1. The zero-order valence-electron chi connectivity index (χ0n) is 9.70. The minimum atomic E-state index is -0.802. The molecule has 2 aliphatic rings. The standard InChI is InChI=1S/C11H18N2O3S/c14-9(15)11(3-4-11)7-13-10(16)12-6-8-2-1-5-17-8/h8H,1-7H2,(H,14,15)(H2,12,13,16). The van der Waals surface area contributed by atoms with E-state index < -0.39 is 11.4 Å². The fraction of sp³-hybridized carbons (Fsp3) is 0.818. The van der Waals surface area contributed by atoms with Gasteiger partial charge in [0.1, 0.15) is 0 Å². The second-order valence-corrected chi connectivity index (χ2v) is 6.19. The summed E-state index contributed by atoms with van der Waals surface area (Å²) in [6.07, 6.45) is 3.72. The fourth-order valence-electron chi connectivity index (χ4n) is 1.94. The summed E-state index contributed by atoms with van der Waals surface area (Å²) in [5, 5.41) is 14.9. The summed E-state index contributed by atoms with van der Waals surface area (Å²) in [5.74, 6) is 0.375. The third-order valence-electron chi connectivity index (χ3n) is 3.41. The van der Waals surface area contributed by atoms with Crippen LogP contribution in [0.3, 0.4) is 0 Å². The van der Waals surface area contributed by atoms with E-state index in [4.69, 9.17) is 5.11 Å². The first-order valence-electron chi connectivity index (χ1n) is 5.99. The fourth-order valence-corrected chi connectivity index (χ4v) is 3.14. The van der Waals surface area contributed by atoms with Gasteiger partial charge in [-0.25, -0.2) is 4.79 Å². The Kier molecular flexibility index (Phi) is 3.81. The van der Waals surface area contributed by atoms with E-state index in [0.717, 1.165) is 6.42 Å². The highest BCUT2D eigenvalue weighted by molar-refractivity contribution is 8.00. The first-order chi connectivity index (χ1) is 8.12. The third kappa shape index (κ3) is 3.28. The number of rotatable bonds is 5. The smallest absolute Gasteiger partial charge is 0.314 e. The van der Waals surface area contributed by atoms with Gasteiger partial charge in [-0.3, -0.25) is 4.79 Å². The molecule has 1 atom stereocenters. The molecule has 2 amide bonds. The van der Waals surface area contributed by atoms with Crippen molar-refractivity contribution in [3.8, 4) is 0 Å². The van der Waals surface area contributed by atoms with Gasteiger partial charge in [-0.05, 0) is 31.4 Å². The number of thioether (sulfide) groups is 1. The van der Waals surface area contributed by atoms with Gasteiger partial charge in [-0.15, -0.1) is 0 Å². The molecular formula is C11H18N2O3S. The van der Waals surface area contributed by atoms with Crippen LogP contribution in [0.4, 0.5) is 4.79 Å². The SMILES string of the molecule is O=C(NCC1CCCS1)NCC1(C(=O)O)CC1. The van der Waals surface area contributed by atoms with Gasteiger partial charge in [0.05, 0.1) is 5.41 Å².